The highest BCUT2D eigenvalue weighted by Crippen LogP contribution is 2.31. The molecule has 3 rings (SSSR count). The number of nitrogens with zero attached hydrogens (tertiary/aromatic N) is 2. The highest BCUT2D eigenvalue weighted by molar-refractivity contribution is 7.13. The fraction of sp³-hybridized carbons (Fsp3) is 0.421. The van der Waals surface area contributed by atoms with Gasteiger partial charge in [-0.15, -0.1) is 11.3 Å². The smallest absolute Gasteiger partial charge is 0.311 e. The van der Waals surface area contributed by atoms with Crippen molar-refractivity contribution in [3.63, 3.8) is 0 Å². The molecule has 1 aliphatic heterocycles. The summed E-state index contributed by atoms with van der Waals surface area (Å²) in [6.45, 7) is 4.59. The largest absolute Gasteiger partial charge is 0.481 e. The number of hydrogen-bond acceptors (Lipinski definition) is 4. The van der Waals surface area contributed by atoms with Gasteiger partial charge in [0, 0.05) is 24.0 Å². The molecule has 0 aliphatic carbocycles. The van der Waals surface area contributed by atoms with E-state index in [1.165, 1.54) is 16.9 Å². The van der Waals surface area contributed by atoms with Gasteiger partial charge in [-0.2, -0.15) is 0 Å². The van der Waals surface area contributed by atoms with Crippen molar-refractivity contribution in [1.29, 1.82) is 0 Å². The molecule has 1 aromatic heterocycles. The van der Waals surface area contributed by atoms with Crippen LogP contribution in [0.25, 0.3) is 10.6 Å². The van der Waals surface area contributed by atoms with Crippen molar-refractivity contribution in [2.24, 2.45) is 5.41 Å². The molecule has 1 unspecified atom stereocenters. The van der Waals surface area contributed by atoms with Crippen molar-refractivity contribution in [3.8, 4) is 10.6 Å². The zero-order valence-corrected chi connectivity index (χ0v) is 15.3. The number of aromatic nitrogens is 1. The third kappa shape index (κ3) is 3.74. The van der Waals surface area contributed by atoms with Crippen molar-refractivity contribution < 1.29 is 14.7 Å². The molecule has 1 saturated heterocycles. The first-order valence-corrected chi connectivity index (χ1v) is 9.34. The number of carboxylic acid groups (broad SMARTS) is 1. The molecule has 1 amide bonds. The molecule has 0 bridgehead atoms. The number of aryl methyl sites for hydroxylation is 1. The Morgan fingerprint density at radius 3 is 2.64 bits per heavy atom. The average Bonchev–Trinajstić information content (AvgIpc) is 3.23. The molecular weight excluding hydrogens is 336 g/mol. The van der Waals surface area contributed by atoms with Gasteiger partial charge in [0.15, 0.2) is 0 Å². The molecule has 0 spiro atoms. The lowest BCUT2D eigenvalue weighted by molar-refractivity contribution is -0.147. The number of benzene rings is 1. The Balaban J connectivity index is 1.65. The summed E-state index contributed by atoms with van der Waals surface area (Å²) in [6, 6.07) is 8.31. The fourth-order valence-electron chi connectivity index (χ4n) is 3.02. The van der Waals surface area contributed by atoms with Gasteiger partial charge in [-0.25, -0.2) is 4.98 Å². The van der Waals surface area contributed by atoms with E-state index in [0.717, 1.165) is 22.7 Å². The van der Waals surface area contributed by atoms with E-state index < -0.39 is 11.4 Å². The standard InChI is InChI=1S/C19H22N2O3S/c1-3-13-4-6-14(7-5-13)17-20-15(11-25-17)10-16(22)21-9-8-19(2,12-21)18(23)24/h4-7,11H,3,8-10,12H2,1-2H3,(H,23,24). The van der Waals surface area contributed by atoms with Gasteiger partial charge < -0.3 is 10.0 Å². The Morgan fingerprint density at radius 1 is 1.32 bits per heavy atom. The Morgan fingerprint density at radius 2 is 2.04 bits per heavy atom. The van der Waals surface area contributed by atoms with E-state index in [1.807, 2.05) is 5.38 Å². The highest BCUT2D eigenvalue weighted by atomic mass is 32.1. The topological polar surface area (TPSA) is 70.5 Å². The molecule has 0 saturated carbocycles. The number of carbonyl (C=O) groups excluding carboxylic acids is 1. The number of thiazole rings is 1. The van der Waals surface area contributed by atoms with Crippen LogP contribution in [-0.2, 0) is 22.4 Å². The van der Waals surface area contributed by atoms with E-state index in [0.29, 0.717) is 13.0 Å². The Labute approximate surface area is 151 Å². The maximum atomic E-state index is 12.5. The van der Waals surface area contributed by atoms with Crippen LogP contribution in [-0.4, -0.2) is 40.0 Å². The van der Waals surface area contributed by atoms with Gasteiger partial charge in [0.2, 0.25) is 5.91 Å². The zero-order chi connectivity index (χ0) is 18.0. The third-order valence-corrected chi connectivity index (χ3v) is 5.78. The van der Waals surface area contributed by atoms with E-state index in [4.69, 9.17) is 0 Å². The van der Waals surface area contributed by atoms with Crippen molar-refractivity contribution in [1.82, 2.24) is 9.88 Å². The second kappa shape index (κ2) is 6.96. The van der Waals surface area contributed by atoms with Crippen molar-refractivity contribution >= 4 is 23.2 Å². The maximum Gasteiger partial charge on any atom is 0.311 e. The van der Waals surface area contributed by atoms with Gasteiger partial charge in [0.25, 0.3) is 0 Å². The summed E-state index contributed by atoms with van der Waals surface area (Å²) in [7, 11) is 0. The summed E-state index contributed by atoms with van der Waals surface area (Å²) in [4.78, 5) is 30.0. The van der Waals surface area contributed by atoms with E-state index in [1.54, 1.807) is 11.8 Å². The van der Waals surface area contributed by atoms with Gasteiger partial charge in [-0.1, -0.05) is 31.2 Å². The molecule has 2 heterocycles. The van der Waals surface area contributed by atoms with Crippen LogP contribution in [0.3, 0.4) is 0 Å². The molecule has 5 nitrogen and oxygen atoms in total. The van der Waals surface area contributed by atoms with Crippen LogP contribution in [0.15, 0.2) is 29.6 Å². The minimum atomic E-state index is -0.839. The second-order valence-electron chi connectivity index (χ2n) is 6.80. The SMILES string of the molecule is CCc1ccc(-c2nc(CC(=O)N3CCC(C)(C(=O)O)C3)cs2)cc1. The average molecular weight is 358 g/mol. The number of likely N-dealkylation sites (tertiary alicyclic amines) is 1. The number of hydrogen-bond donors (Lipinski definition) is 1. The molecule has 25 heavy (non-hydrogen) atoms. The van der Waals surface area contributed by atoms with Crippen LogP contribution < -0.4 is 0 Å². The second-order valence-corrected chi connectivity index (χ2v) is 7.66. The number of aliphatic carboxylic acids is 1. The molecule has 2 aromatic rings. The summed E-state index contributed by atoms with van der Waals surface area (Å²) in [5.41, 5.74) is 2.25. The summed E-state index contributed by atoms with van der Waals surface area (Å²) in [5.74, 6) is -0.891. The Hall–Kier alpha value is -2.21. The summed E-state index contributed by atoms with van der Waals surface area (Å²) in [5, 5.41) is 12.1. The summed E-state index contributed by atoms with van der Waals surface area (Å²) in [6.07, 6.45) is 1.72. The van der Waals surface area contributed by atoms with E-state index >= 15 is 0 Å². The first kappa shape index (κ1) is 17.6. The van der Waals surface area contributed by atoms with E-state index in [2.05, 4.69) is 36.2 Å². The molecule has 1 N–H and O–H groups in total. The quantitative estimate of drug-likeness (QED) is 0.891. The Bertz CT molecular complexity index is 784. The van der Waals surface area contributed by atoms with Gasteiger partial charge in [0.05, 0.1) is 17.5 Å². The van der Waals surface area contributed by atoms with Crippen molar-refractivity contribution in [3.05, 3.63) is 40.9 Å². The molecular formula is C19H22N2O3S. The van der Waals surface area contributed by atoms with Crippen LogP contribution in [0, 0.1) is 5.41 Å². The molecule has 1 aromatic carbocycles. The van der Waals surface area contributed by atoms with E-state index in [-0.39, 0.29) is 18.9 Å². The predicted octanol–water partition coefficient (Wildman–Crippen LogP) is 3.24. The van der Waals surface area contributed by atoms with Gasteiger partial charge >= 0.3 is 5.97 Å². The van der Waals surface area contributed by atoms with Gasteiger partial charge in [0.1, 0.15) is 5.01 Å². The monoisotopic (exact) mass is 358 g/mol. The van der Waals surface area contributed by atoms with Gasteiger partial charge in [-0.3, -0.25) is 9.59 Å². The maximum absolute atomic E-state index is 12.5. The van der Waals surface area contributed by atoms with Crippen LogP contribution in [0.2, 0.25) is 0 Å². The van der Waals surface area contributed by atoms with Crippen LogP contribution >= 0.6 is 11.3 Å². The molecule has 0 radical (unpaired) electrons. The number of carbonyl (C=O) groups is 2. The third-order valence-electron chi connectivity index (χ3n) is 4.84. The van der Waals surface area contributed by atoms with Crippen LogP contribution in [0.5, 0.6) is 0 Å². The first-order valence-electron chi connectivity index (χ1n) is 8.46. The van der Waals surface area contributed by atoms with Crippen molar-refractivity contribution in [2.75, 3.05) is 13.1 Å². The van der Waals surface area contributed by atoms with Crippen LogP contribution in [0.1, 0.15) is 31.5 Å². The number of carboxylic acids is 1. The fourth-order valence-corrected chi connectivity index (χ4v) is 3.84. The number of rotatable bonds is 5. The van der Waals surface area contributed by atoms with Crippen LogP contribution in [0.4, 0.5) is 0 Å². The summed E-state index contributed by atoms with van der Waals surface area (Å²) >= 11 is 1.53. The minimum absolute atomic E-state index is 0.0526. The summed E-state index contributed by atoms with van der Waals surface area (Å²) < 4.78 is 0. The highest BCUT2D eigenvalue weighted by Gasteiger charge is 2.42. The van der Waals surface area contributed by atoms with Crippen molar-refractivity contribution in [2.45, 2.75) is 33.1 Å². The lowest BCUT2D eigenvalue weighted by atomic mass is 9.90. The first-order chi connectivity index (χ1) is 11.9. The lowest BCUT2D eigenvalue weighted by Crippen LogP contribution is -2.35. The normalized spacial score (nSPS) is 20.0. The zero-order valence-electron chi connectivity index (χ0n) is 14.5. The lowest BCUT2D eigenvalue weighted by Gasteiger charge is -2.19. The number of amides is 1. The van der Waals surface area contributed by atoms with E-state index in [9.17, 15) is 14.7 Å². The minimum Gasteiger partial charge on any atom is -0.481 e. The molecule has 1 atom stereocenters. The molecule has 6 heteroatoms. The molecule has 132 valence electrons. The molecule has 1 fully saturated rings. The Kier molecular flexibility index (Phi) is 4.90. The molecule has 1 aliphatic rings. The van der Waals surface area contributed by atoms with Gasteiger partial charge in [-0.05, 0) is 25.3 Å². The predicted molar refractivity (Wildman–Crippen MR) is 97.6 cm³/mol.